The summed E-state index contributed by atoms with van der Waals surface area (Å²) in [5, 5.41) is 0. The van der Waals surface area contributed by atoms with Gasteiger partial charge in [-0.1, -0.05) is 19.9 Å². The quantitative estimate of drug-likeness (QED) is 0.635. The predicted molar refractivity (Wildman–Crippen MR) is 57.1 cm³/mol. The van der Waals surface area contributed by atoms with Gasteiger partial charge >= 0.3 is 0 Å². The lowest BCUT2D eigenvalue weighted by Crippen LogP contribution is -2.43. The van der Waals surface area contributed by atoms with Gasteiger partial charge in [-0.25, -0.2) is 0 Å². The molecule has 0 bridgehead atoms. The summed E-state index contributed by atoms with van der Waals surface area (Å²) in [6, 6.07) is 0.164. The molecule has 1 unspecified atom stereocenters. The van der Waals surface area contributed by atoms with Crippen LogP contribution in [0.25, 0.3) is 0 Å². The third kappa shape index (κ3) is 1.90. The van der Waals surface area contributed by atoms with Crippen molar-refractivity contribution < 1.29 is 4.79 Å². The molecule has 0 radical (unpaired) electrons. The highest BCUT2D eigenvalue weighted by atomic mass is 16.1. The Hall–Kier alpha value is -0.630. The fourth-order valence-electron chi connectivity index (χ4n) is 2.45. The minimum absolute atomic E-state index is 0.164. The number of hydrogen-bond donors (Lipinski definition) is 0. The van der Waals surface area contributed by atoms with Crippen molar-refractivity contribution >= 4 is 5.78 Å². The van der Waals surface area contributed by atoms with Crippen LogP contribution in [0.4, 0.5) is 0 Å². The Morgan fingerprint density at radius 1 is 1.36 bits per heavy atom. The van der Waals surface area contributed by atoms with Gasteiger partial charge in [0.2, 0.25) is 0 Å². The van der Waals surface area contributed by atoms with E-state index in [2.05, 4.69) is 24.8 Å². The fourth-order valence-corrected chi connectivity index (χ4v) is 2.45. The van der Waals surface area contributed by atoms with E-state index >= 15 is 0 Å². The number of nitrogens with zero attached hydrogens (tertiary/aromatic N) is 1. The highest BCUT2D eigenvalue weighted by molar-refractivity contribution is 5.95. The van der Waals surface area contributed by atoms with Crippen molar-refractivity contribution in [2.75, 3.05) is 13.1 Å². The monoisotopic (exact) mass is 193 g/mol. The fraction of sp³-hybridized carbons (Fsp3) is 0.750. The van der Waals surface area contributed by atoms with Gasteiger partial charge in [0.15, 0.2) is 5.78 Å². The zero-order valence-corrected chi connectivity index (χ0v) is 9.12. The van der Waals surface area contributed by atoms with Crippen molar-refractivity contribution in [2.24, 2.45) is 5.41 Å². The highest BCUT2D eigenvalue weighted by Gasteiger charge is 2.34. The number of carbonyl (C=O) groups is 1. The third-order valence-electron chi connectivity index (χ3n) is 3.33. The molecule has 0 N–H and O–H groups in total. The standard InChI is InChI=1S/C12H19NO/c1-12(2)6-5-11(14)10(9-12)13-7-3-4-8-13/h5-6,10H,3-4,7-9H2,1-2H3. The van der Waals surface area contributed by atoms with Crippen LogP contribution in [0, 0.1) is 5.41 Å². The maximum Gasteiger partial charge on any atom is 0.172 e. The molecular formula is C12H19NO. The first-order valence-electron chi connectivity index (χ1n) is 5.56. The van der Waals surface area contributed by atoms with Crippen LogP contribution in [0.15, 0.2) is 12.2 Å². The van der Waals surface area contributed by atoms with Gasteiger partial charge in [-0.3, -0.25) is 9.69 Å². The summed E-state index contributed by atoms with van der Waals surface area (Å²) in [6.45, 7) is 6.64. The number of hydrogen-bond acceptors (Lipinski definition) is 2. The molecule has 2 heteroatoms. The molecule has 0 saturated carbocycles. The van der Waals surface area contributed by atoms with Gasteiger partial charge in [0, 0.05) is 0 Å². The second-order valence-corrected chi connectivity index (χ2v) is 5.19. The minimum atomic E-state index is 0.164. The maximum atomic E-state index is 11.7. The number of rotatable bonds is 1. The van der Waals surface area contributed by atoms with E-state index in [1.54, 1.807) is 6.08 Å². The smallest absolute Gasteiger partial charge is 0.172 e. The molecule has 1 fully saturated rings. The Morgan fingerprint density at radius 2 is 2.00 bits per heavy atom. The van der Waals surface area contributed by atoms with E-state index in [-0.39, 0.29) is 11.5 Å². The zero-order chi connectivity index (χ0) is 10.2. The normalized spacial score (nSPS) is 32.4. The molecular weight excluding hydrogens is 174 g/mol. The Bertz CT molecular complexity index is 261. The molecule has 1 aliphatic carbocycles. The van der Waals surface area contributed by atoms with E-state index in [9.17, 15) is 4.79 Å². The summed E-state index contributed by atoms with van der Waals surface area (Å²) >= 11 is 0. The van der Waals surface area contributed by atoms with Crippen LogP contribution in [0.2, 0.25) is 0 Å². The zero-order valence-electron chi connectivity index (χ0n) is 9.12. The van der Waals surface area contributed by atoms with Crippen molar-refractivity contribution in [3.05, 3.63) is 12.2 Å². The largest absolute Gasteiger partial charge is 0.293 e. The Morgan fingerprint density at radius 3 is 2.64 bits per heavy atom. The van der Waals surface area contributed by atoms with Crippen LogP contribution in [0.3, 0.4) is 0 Å². The second-order valence-electron chi connectivity index (χ2n) is 5.19. The number of likely N-dealkylation sites (tertiary alicyclic amines) is 1. The molecule has 0 amide bonds. The number of allylic oxidation sites excluding steroid dienone is 1. The van der Waals surface area contributed by atoms with E-state index in [1.807, 2.05) is 0 Å². The van der Waals surface area contributed by atoms with Crippen molar-refractivity contribution in [1.82, 2.24) is 4.90 Å². The lowest BCUT2D eigenvalue weighted by molar-refractivity contribution is -0.120. The van der Waals surface area contributed by atoms with E-state index in [4.69, 9.17) is 0 Å². The molecule has 0 aromatic carbocycles. The van der Waals surface area contributed by atoms with Crippen LogP contribution < -0.4 is 0 Å². The van der Waals surface area contributed by atoms with E-state index in [0.717, 1.165) is 19.5 Å². The van der Waals surface area contributed by atoms with Crippen LogP contribution in [-0.4, -0.2) is 29.8 Å². The predicted octanol–water partition coefficient (Wildman–Crippen LogP) is 2.01. The number of carbonyl (C=O) groups excluding carboxylic acids is 1. The van der Waals surface area contributed by atoms with Gasteiger partial charge in [-0.05, 0) is 43.8 Å². The molecule has 2 aliphatic rings. The topological polar surface area (TPSA) is 20.3 Å². The summed E-state index contributed by atoms with van der Waals surface area (Å²) in [4.78, 5) is 14.1. The van der Waals surface area contributed by atoms with Gasteiger partial charge in [-0.15, -0.1) is 0 Å². The van der Waals surface area contributed by atoms with Crippen molar-refractivity contribution in [3.63, 3.8) is 0 Å². The van der Waals surface area contributed by atoms with Gasteiger partial charge in [0.25, 0.3) is 0 Å². The summed E-state index contributed by atoms with van der Waals surface area (Å²) < 4.78 is 0. The van der Waals surface area contributed by atoms with Crippen LogP contribution in [0.1, 0.15) is 33.1 Å². The molecule has 2 rings (SSSR count). The summed E-state index contributed by atoms with van der Waals surface area (Å²) in [6.07, 6.45) is 7.35. The van der Waals surface area contributed by atoms with E-state index in [0.29, 0.717) is 5.78 Å². The first kappa shape index (κ1) is 9.91. The number of ketones is 1. The van der Waals surface area contributed by atoms with E-state index < -0.39 is 0 Å². The van der Waals surface area contributed by atoms with Gasteiger partial charge in [0.05, 0.1) is 6.04 Å². The molecule has 0 spiro atoms. The molecule has 14 heavy (non-hydrogen) atoms. The molecule has 1 aliphatic heterocycles. The van der Waals surface area contributed by atoms with Gasteiger partial charge < -0.3 is 0 Å². The van der Waals surface area contributed by atoms with Crippen LogP contribution >= 0.6 is 0 Å². The van der Waals surface area contributed by atoms with Crippen LogP contribution in [-0.2, 0) is 4.79 Å². The van der Waals surface area contributed by atoms with Crippen LogP contribution in [0.5, 0.6) is 0 Å². The Balaban J connectivity index is 2.11. The SMILES string of the molecule is CC1(C)C=CC(=O)C(N2CCCC2)C1. The highest BCUT2D eigenvalue weighted by Crippen LogP contribution is 2.31. The molecule has 1 heterocycles. The van der Waals surface area contributed by atoms with Gasteiger partial charge in [0.1, 0.15) is 0 Å². The Labute approximate surface area is 86.0 Å². The molecule has 1 saturated heterocycles. The lowest BCUT2D eigenvalue weighted by atomic mass is 9.79. The van der Waals surface area contributed by atoms with Crippen molar-refractivity contribution in [1.29, 1.82) is 0 Å². The summed E-state index contributed by atoms with van der Waals surface area (Å²) in [5.74, 6) is 0.311. The third-order valence-corrected chi connectivity index (χ3v) is 3.33. The minimum Gasteiger partial charge on any atom is -0.293 e. The van der Waals surface area contributed by atoms with E-state index in [1.165, 1.54) is 12.8 Å². The molecule has 2 nitrogen and oxygen atoms in total. The molecule has 0 aromatic heterocycles. The Kier molecular flexibility index (Phi) is 2.48. The molecule has 78 valence electrons. The summed E-state index contributed by atoms with van der Waals surface area (Å²) in [7, 11) is 0. The molecule has 0 aromatic rings. The van der Waals surface area contributed by atoms with Crippen molar-refractivity contribution in [3.8, 4) is 0 Å². The first-order chi connectivity index (χ1) is 6.58. The van der Waals surface area contributed by atoms with Gasteiger partial charge in [-0.2, -0.15) is 0 Å². The first-order valence-corrected chi connectivity index (χ1v) is 5.56. The average molecular weight is 193 g/mol. The lowest BCUT2D eigenvalue weighted by Gasteiger charge is -2.34. The average Bonchev–Trinajstić information content (AvgIpc) is 2.62. The molecule has 1 atom stereocenters. The maximum absolute atomic E-state index is 11.7. The van der Waals surface area contributed by atoms with Crippen molar-refractivity contribution in [2.45, 2.75) is 39.2 Å². The second kappa shape index (κ2) is 3.50. The summed E-state index contributed by atoms with van der Waals surface area (Å²) in [5.41, 5.74) is 0.196.